The summed E-state index contributed by atoms with van der Waals surface area (Å²) in [5, 5.41) is 6.35. The second-order valence-electron chi connectivity index (χ2n) is 3.31. The first-order chi connectivity index (χ1) is 6.34. The standard InChI is InChI=1S/C9H14N2OS/c1-7-6-13-9(11-7)10-5-8-3-2-4-12-8/h6,8H,2-5H2,1H3,(H,10,11)/t8-/m0/s1. The molecule has 0 aliphatic carbocycles. The third kappa shape index (κ3) is 2.42. The van der Waals surface area contributed by atoms with E-state index in [9.17, 15) is 0 Å². The monoisotopic (exact) mass is 198 g/mol. The van der Waals surface area contributed by atoms with E-state index in [4.69, 9.17) is 4.74 Å². The van der Waals surface area contributed by atoms with Crippen molar-refractivity contribution in [2.24, 2.45) is 0 Å². The Hall–Kier alpha value is -0.610. The number of nitrogens with zero attached hydrogens (tertiary/aromatic N) is 1. The summed E-state index contributed by atoms with van der Waals surface area (Å²) in [6.07, 6.45) is 2.77. The third-order valence-electron chi connectivity index (χ3n) is 2.12. The van der Waals surface area contributed by atoms with Gasteiger partial charge in [0.05, 0.1) is 11.8 Å². The van der Waals surface area contributed by atoms with Crippen LogP contribution in [0.5, 0.6) is 0 Å². The van der Waals surface area contributed by atoms with Gasteiger partial charge < -0.3 is 10.1 Å². The van der Waals surface area contributed by atoms with Crippen LogP contribution in [-0.4, -0.2) is 24.2 Å². The van der Waals surface area contributed by atoms with Gasteiger partial charge in [-0.15, -0.1) is 11.3 Å². The van der Waals surface area contributed by atoms with Crippen LogP contribution < -0.4 is 5.32 Å². The Bertz CT molecular complexity index is 268. The van der Waals surface area contributed by atoms with E-state index in [0.29, 0.717) is 6.10 Å². The van der Waals surface area contributed by atoms with Crippen molar-refractivity contribution in [2.75, 3.05) is 18.5 Å². The van der Waals surface area contributed by atoms with Crippen LogP contribution in [0.2, 0.25) is 0 Å². The summed E-state index contributed by atoms with van der Waals surface area (Å²) < 4.78 is 5.50. The number of hydrogen-bond donors (Lipinski definition) is 1. The molecule has 72 valence electrons. The largest absolute Gasteiger partial charge is 0.376 e. The molecule has 0 unspecified atom stereocenters. The quantitative estimate of drug-likeness (QED) is 0.807. The van der Waals surface area contributed by atoms with Crippen LogP contribution in [0.25, 0.3) is 0 Å². The van der Waals surface area contributed by atoms with Gasteiger partial charge in [0, 0.05) is 18.5 Å². The summed E-state index contributed by atoms with van der Waals surface area (Å²) in [4.78, 5) is 4.32. The predicted octanol–water partition coefficient (Wildman–Crippen LogP) is 2.04. The Morgan fingerprint density at radius 1 is 1.77 bits per heavy atom. The number of hydrogen-bond acceptors (Lipinski definition) is 4. The fourth-order valence-electron chi connectivity index (χ4n) is 1.44. The highest BCUT2D eigenvalue weighted by Gasteiger charge is 2.15. The number of anilines is 1. The first-order valence-corrected chi connectivity index (χ1v) is 5.50. The van der Waals surface area contributed by atoms with E-state index in [0.717, 1.165) is 24.0 Å². The molecule has 0 radical (unpaired) electrons. The molecule has 1 aromatic heterocycles. The summed E-state index contributed by atoms with van der Waals surface area (Å²) in [5.74, 6) is 0. The van der Waals surface area contributed by atoms with Crippen molar-refractivity contribution in [3.63, 3.8) is 0 Å². The van der Waals surface area contributed by atoms with Gasteiger partial charge in [0.15, 0.2) is 5.13 Å². The summed E-state index contributed by atoms with van der Waals surface area (Å²) >= 11 is 1.66. The Labute approximate surface area is 82.1 Å². The van der Waals surface area contributed by atoms with Crippen LogP contribution in [0.1, 0.15) is 18.5 Å². The van der Waals surface area contributed by atoms with Crippen molar-refractivity contribution in [2.45, 2.75) is 25.9 Å². The molecule has 1 saturated heterocycles. The molecule has 2 heterocycles. The van der Waals surface area contributed by atoms with E-state index in [-0.39, 0.29) is 0 Å². The molecule has 1 aromatic rings. The Morgan fingerprint density at radius 2 is 2.69 bits per heavy atom. The average molecular weight is 198 g/mol. The number of aromatic nitrogens is 1. The third-order valence-corrected chi connectivity index (χ3v) is 3.04. The van der Waals surface area contributed by atoms with Gasteiger partial charge >= 0.3 is 0 Å². The molecule has 1 aliphatic rings. The summed E-state index contributed by atoms with van der Waals surface area (Å²) in [6, 6.07) is 0. The van der Waals surface area contributed by atoms with E-state index in [1.807, 2.05) is 6.92 Å². The van der Waals surface area contributed by atoms with Crippen LogP contribution in [-0.2, 0) is 4.74 Å². The van der Waals surface area contributed by atoms with Crippen LogP contribution in [0.3, 0.4) is 0 Å². The van der Waals surface area contributed by atoms with Gasteiger partial charge in [-0.2, -0.15) is 0 Å². The predicted molar refractivity (Wildman–Crippen MR) is 54.3 cm³/mol. The first kappa shape index (κ1) is 8.97. The van der Waals surface area contributed by atoms with Gasteiger partial charge in [0.1, 0.15) is 0 Å². The topological polar surface area (TPSA) is 34.1 Å². The molecule has 1 aliphatic heterocycles. The minimum Gasteiger partial charge on any atom is -0.376 e. The highest BCUT2D eigenvalue weighted by atomic mass is 32.1. The van der Waals surface area contributed by atoms with Gasteiger partial charge in [-0.1, -0.05) is 0 Å². The molecule has 4 heteroatoms. The maximum Gasteiger partial charge on any atom is 0.182 e. The smallest absolute Gasteiger partial charge is 0.182 e. The van der Waals surface area contributed by atoms with Gasteiger partial charge in [0.2, 0.25) is 0 Å². The van der Waals surface area contributed by atoms with Crippen LogP contribution in [0.15, 0.2) is 5.38 Å². The molecule has 0 aromatic carbocycles. The number of ether oxygens (including phenoxy) is 1. The number of rotatable bonds is 3. The molecule has 3 nitrogen and oxygen atoms in total. The SMILES string of the molecule is Cc1csc(NC[C@@H]2CCCO2)n1. The zero-order chi connectivity index (χ0) is 9.10. The van der Waals surface area contributed by atoms with Crippen molar-refractivity contribution in [1.29, 1.82) is 0 Å². The fraction of sp³-hybridized carbons (Fsp3) is 0.667. The summed E-state index contributed by atoms with van der Waals surface area (Å²) in [6.45, 7) is 3.82. The lowest BCUT2D eigenvalue weighted by molar-refractivity contribution is 0.120. The zero-order valence-electron chi connectivity index (χ0n) is 7.75. The first-order valence-electron chi connectivity index (χ1n) is 4.62. The molecule has 1 N–H and O–H groups in total. The number of nitrogens with one attached hydrogen (secondary N) is 1. The molecule has 0 spiro atoms. The maximum absolute atomic E-state index is 5.50. The lowest BCUT2D eigenvalue weighted by Crippen LogP contribution is -2.18. The van der Waals surface area contributed by atoms with E-state index in [2.05, 4.69) is 15.7 Å². The zero-order valence-corrected chi connectivity index (χ0v) is 8.56. The maximum atomic E-state index is 5.50. The van der Waals surface area contributed by atoms with Gasteiger partial charge in [-0.05, 0) is 19.8 Å². The molecule has 2 rings (SSSR count). The van der Waals surface area contributed by atoms with Crippen molar-refractivity contribution in [3.05, 3.63) is 11.1 Å². The molecule has 0 bridgehead atoms. The minimum atomic E-state index is 0.393. The van der Waals surface area contributed by atoms with E-state index >= 15 is 0 Å². The minimum absolute atomic E-state index is 0.393. The highest BCUT2D eigenvalue weighted by Crippen LogP contribution is 2.17. The average Bonchev–Trinajstić information content (AvgIpc) is 2.71. The van der Waals surface area contributed by atoms with Crippen molar-refractivity contribution >= 4 is 16.5 Å². The van der Waals surface area contributed by atoms with E-state index in [1.54, 1.807) is 11.3 Å². The Morgan fingerprint density at radius 3 is 3.31 bits per heavy atom. The normalized spacial score (nSPS) is 22.1. The van der Waals surface area contributed by atoms with Crippen molar-refractivity contribution in [1.82, 2.24) is 4.98 Å². The molecule has 13 heavy (non-hydrogen) atoms. The van der Waals surface area contributed by atoms with Crippen LogP contribution in [0.4, 0.5) is 5.13 Å². The summed E-state index contributed by atoms with van der Waals surface area (Å²) in [7, 11) is 0. The van der Waals surface area contributed by atoms with E-state index < -0.39 is 0 Å². The highest BCUT2D eigenvalue weighted by molar-refractivity contribution is 7.13. The molecule has 0 saturated carbocycles. The van der Waals surface area contributed by atoms with Crippen molar-refractivity contribution in [3.8, 4) is 0 Å². The van der Waals surface area contributed by atoms with Crippen LogP contribution >= 0.6 is 11.3 Å². The molecular weight excluding hydrogens is 184 g/mol. The second-order valence-corrected chi connectivity index (χ2v) is 4.17. The van der Waals surface area contributed by atoms with Crippen LogP contribution in [0, 0.1) is 6.92 Å². The Kier molecular flexibility index (Phi) is 2.80. The lowest BCUT2D eigenvalue weighted by Gasteiger charge is -2.08. The lowest BCUT2D eigenvalue weighted by atomic mass is 10.2. The van der Waals surface area contributed by atoms with Gasteiger partial charge in [-0.25, -0.2) is 4.98 Å². The molecule has 1 fully saturated rings. The molecule has 0 amide bonds. The molecular formula is C9H14N2OS. The van der Waals surface area contributed by atoms with E-state index in [1.165, 1.54) is 12.8 Å². The summed E-state index contributed by atoms with van der Waals surface area (Å²) in [5.41, 5.74) is 1.08. The second kappa shape index (κ2) is 4.07. The number of aryl methyl sites for hydroxylation is 1. The van der Waals surface area contributed by atoms with Crippen molar-refractivity contribution < 1.29 is 4.74 Å². The Balaban J connectivity index is 1.78. The number of thiazole rings is 1. The van der Waals surface area contributed by atoms with Gasteiger partial charge in [0.25, 0.3) is 0 Å². The van der Waals surface area contributed by atoms with Gasteiger partial charge in [-0.3, -0.25) is 0 Å². The fourth-order valence-corrected chi connectivity index (χ4v) is 2.14. The molecule has 1 atom stereocenters.